The molecule has 1 heterocycles. The summed E-state index contributed by atoms with van der Waals surface area (Å²) in [6.45, 7) is 0.655. The van der Waals surface area contributed by atoms with Crippen molar-refractivity contribution in [1.82, 2.24) is 4.98 Å². The minimum absolute atomic E-state index is 0.0402. The van der Waals surface area contributed by atoms with Crippen molar-refractivity contribution >= 4 is 11.9 Å². The molecule has 0 spiro atoms. The second-order valence-corrected chi connectivity index (χ2v) is 5.06. The van der Waals surface area contributed by atoms with Gasteiger partial charge in [0.1, 0.15) is 0 Å². The molecule has 0 radical (unpaired) electrons. The summed E-state index contributed by atoms with van der Waals surface area (Å²) < 4.78 is 5.14. The number of aryl methyl sites for hydroxylation is 1. The largest absolute Gasteiger partial charge is 0.480 e. The number of ether oxygens (including phenoxy) is 1. The van der Waals surface area contributed by atoms with Crippen LogP contribution in [-0.2, 0) is 20.7 Å². The first-order chi connectivity index (χ1) is 10.5. The molecular formula is C15H22N2O5. The Morgan fingerprint density at radius 2 is 1.95 bits per heavy atom. The Hall–Kier alpha value is -1.99. The average Bonchev–Trinajstić information content (AvgIpc) is 2.50. The van der Waals surface area contributed by atoms with Crippen LogP contribution in [-0.4, -0.2) is 46.9 Å². The number of pyridine rings is 1. The van der Waals surface area contributed by atoms with Crippen molar-refractivity contribution in [3.63, 3.8) is 0 Å². The van der Waals surface area contributed by atoms with E-state index in [2.05, 4.69) is 4.98 Å². The van der Waals surface area contributed by atoms with Crippen LogP contribution in [0.5, 0.6) is 0 Å². The molecule has 0 amide bonds. The van der Waals surface area contributed by atoms with Crippen molar-refractivity contribution in [1.29, 1.82) is 0 Å². The maximum atomic E-state index is 11.5. The van der Waals surface area contributed by atoms with E-state index >= 15 is 0 Å². The van der Waals surface area contributed by atoms with E-state index in [1.807, 2.05) is 6.07 Å². The lowest BCUT2D eigenvalue weighted by Crippen LogP contribution is -2.40. The SMILES string of the molecule is NCCOCCC(CCCc1cccnc1)(C(=O)O)C(=O)O. The van der Waals surface area contributed by atoms with Gasteiger partial charge in [0, 0.05) is 25.5 Å². The monoisotopic (exact) mass is 310 g/mol. The minimum atomic E-state index is -1.82. The second-order valence-electron chi connectivity index (χ2n) is 5.06. The number of carboxylic acids is 2. The van der Waals surface area contributed by atoms with Gasteiger partial charge in [-0.1, -0.05) is 6.07 Å². The lowest BCUT2D eigenvalue weighted by molar-refractivity contribution is -0.167. The number of carbonyl (C=O) groups is 2. The molecule has 0 saturated heterocycles. The van der Waals surface area contributed by atoms with E-state index in [4.69, 9.17) is 10.5 Å². The fourth-order valence-electron chi connectivity index (χ4n) is 2.22. The molecule has 0 aliphatic heterocycles. The van der Waals surface area contributed by atoms with Gasteiger partial charge in [-0.3, -0.25) is 14.6 Å². The van der Waals surface area contributed by atoms with Crippen LogP contribution in [0, 0.1) is 5.41 Å². The van der Waals surface area contributed by atoms with Gasteiger partial charge in [-0.2, -0.15) is 0 Å². The molecule has 0 unspecified atom stereocenters. The van der Waals surface area contributed by atoms with Crippen LogP contribution in [0.15, 0.2) is 24.5 Å². The molecule has 0 saturated carbocycles. The predicted octanol–water partition coefficient (Wildman–Crippen LogP) is 0.925. The van der Waals surface area contributed by atoms with Crippen LogP contribution in [0.25, 0.3) is 0 Å². The minimum Gasteiger partial charge on any atom is -0.480 e. The number of aliphatic carboxylic acids is 2. The van der Waals surface area contributed by atoms with Gasteiger partial charge >= 0.3 is 11.9 Å². The summed E-state index contributed by atoms with van der Waals surface area (Å²) in [6, 6.07) is 3.66. The van der Waals surface area contributed by atoms with Crippen LogP contribution in [0.2, 0.25) is 0 Å². The summed E-state index contributed by atoms with van der Waals surface area (Å²) >= 11 is 0. The molecule has 122 valence electrons. The van der Waals surface area contributed by atoms with E-state index in [1.165, 1.54) is 0 Å². The number of aromatic nitrogens is 1. The number of carboxylic acid groups (broad SMARTS) is 2. The van der Waals surface area contributed by atoms with Crippen molar-refractivity contribution in [2.24, 2.45) is 11.1 Å². The van der Waals surface area contributed by atoms with E-state index in [0.717, 1.165) is 5.56 Å². The Balaban J connectivity index is 2.64. The van der Waals surface area contributed by atoms with Gasteiger partial charge in [0.25, 0.3) is 0 Å². The molecule has 0 aliphatic carbocycles. The maximum Gasteiger partial charge on any atom is 0.321 e. The molecule has 22 heavy (non-hydrogen) atoms. The molecule has 0 fully saturated rings. The lowest BCUT2D eigenvalue weighted by Gasteiger charge is -2.24. The Morgan fingerprint density at radius 1 is 1.23 bits per heavy atom. The van der Waals surface area contributed by atoms with Gasteiger partial charge in [0.15, 0.2) is 5.41 Å². The van der Waals surface area contributed by atoms with Gasteiger partial charge < -0.3 is 20.7 Å². The summed E-state index contributed by atoms with van der Waals surface area (Å²) in [5.74, 6) is -2.66. The molecular weight excluding hydrogens is 288 g/mol. The average molecular weight is 310 g/mol. The predicted molar refractivity (Wildman–Crippen MR) is 79.4 cm³/mol. The van der Waals surface area contributed by atoms with Crippen LogP contribution >= 0.6 is 0 Å². The molecule has 0 bridgehead atoms. The Morgan fingerprint density at radius 3 is 2.50 bits per heavy atom. The number of hydrogen-bond acceptors (Lipinski definition) is 5. The normalized spacial score (nSPS) is 11.3. The van der Waals surface area contributed by atoms with Crippen molar-refractivity contribution in [2.45, 2.75) is 25.7 Å². The molecule has 0 aromatic carbocycles. The zero-order valence-electron chi connectivity index (χ0n) is 12.4. The van der Waals surface area contributed by atoms with Gasteiger partial charge in [-0.25, -0.2) is 0 Å². The van der Waals surface area contributed by atoms with Crippen LogP contribution < -0.4 is 5.73 Å². The third-order valence-corrected chi connectivity index (χ3v) is 3.55. The summed E-state index contributed by atoms with van der Waals surface area (Å²) in [5, 5.41) is 18.7. The quantitative estimate of drug-likeness (QED) is 0.410. The van der Waals surface area contributed by atoms with Crippen LogP contribution in [0.4, 0.5) is 0 Å². The maximum absolute atomic E-state index is 11.5. The fraction of sp³-hybridized carbons (Fsp3) is 0.533. The highest BCUT2D eigenvalue weighted by Crippen LogP contribution is 2.30. The highest BCUT2D eigenvalue weighted by molar-refractivity contribution is 5.98. The molecule has 0 atom stereocenters. The molecule has 1 rings (SSSR count). The van der Waals surface area contributed by atoms with Crippen molar-refractivity contribution in [2.75, 3.05) is 19.8 Å². The highest BCUT2D eigenvalue weighted by atomic mass is 16.5. The van der Waals surface area contributed by atoms with E-state index in [9.17, 15) is 19.8 Å². The first-order valence-electron chi connectivity index (χ1n) is 7.16. The van der Waals surface area contributed by atoms with Crippen molar-refractivity contribution in [3.05, 3.63) is 30.1 Å². The molecule has 7 heteroatoms. The number of nitrogens with two attached hydrogens (primary N) is 1. The van der Waals surface area contributed by atoms with Crippen LogP contribution in [0.1, 0.15) is 24.8 Å². The van der Waals surface area contributed by atoms with Crippen molar-refractivity contribution < 1.29 is 24.5 Å². The molecule has 1 aromatic rings. The standard InChI is InChI=1S/C15H22N2O5/c16-7-10-22-9-6-15(13(18)19,14(20)21)5-1-3-12-4-2-8-17-11-12/h2,4,8,11H,1,3,5-7,9-10,16H2,(H,18,19)(H,20,21). The van der Waals surface area contributed by atoms with Gasteiger partial charge in [0.2, 0.25) is 0 Å². The number of rotatable bonds is 11. The van der Waals surface area contributed by atoms with E-state index in [0.29, 0.717) is 19.4 Å². The summed E-state index contributed by atoms with van der Waals surface area (Å²) in [7, 11) is 0. The smallest absolute Gasteiger partial charge is 0.321 e. The first-order valence-corrected chi connectivity index (χ1v) is 7.16. The first kappa shape index (κ1) is 18.1. The second kappa shape index (κ2) is 9.11. The lowest BCUT2D eigenvalue weighted by atomic mass is 9.79. The Bertz CT molecular complexity index is 464. The van der Waals surface area contributed by atoms with Crippen molar-refractivity contribution in [3.8, 4) is 0 Å². The Labute approximate surface area is 129 Å². The van der Waals surface area contributed by atoms with E-state index in [-0.39, 0.29) is 26.1 Å². The third kappa shape index (κ3) is 5.09. The molecule has 7 nitrogen and oxygen atoms in total. The van der Waals surface area contributed by atoms with Crippen LogP contribution in [0.3, 0.4) is 0 Å². The summed E-state index contributed by atoms with van der Waals surface area (Å²) in [4.78, 5) is 27.0. The molecule has 1 aromatic heterocycles. The zero-order valence-corrected chi connectivity index (χ0v) is 12.4. The summed E-state index contributed by atoms with van der Waals surface area (Å²) in [6.07, 6.45) is 4.33. The van der Waals surface area contributed by atoms with Gasteiger partial charge in [-0.05, 0) is 37.3 Å². The molecule has 0 aliphatic rings. The zero-order chi connectivity index (χ0) is 16.4. The Kier molecular flexibility index (Phi) is 7.48. The van der Waals surface area contributed by atoms with E-state index in [1.54, 1.807) is 18.5 Å². The van der Waals surface area contributed by atoms with E-state index < -0.39 is 17.4 Å². The van der Waals surface area contributed by atoms with Gasteiger partial charge in [0.05, 0.1) is 6.61 Å². The summed E-state index contributed by atoms with van der Waals surface area (Å²) in [5.41, 5.74) is 4.41. The topological polar surface area (TPSA) is 123 Å². The van der Waals surface area contributed by atoms with Gasteiger partial charge in [-0.15, -0.1) is 0 Å². The number of hydrogen-bond donors (Lipinski definition) is 3. The fourth-order valence-corrected chi connectivity index (χ4v) is 2.22. The molecule has 4 N–H and O–H groups in total. The third-order valence-electron chi connectivity index (χ3n) is 3.55. The highest BCUT2D eigenvalue weighted by Gasteiger charge is 2.45. The number of nitrogens with zero attached hydrogens (tertiary/aromatic N) is 1.